The molecule has 176 valence electrons. The summed E-state index contributed by atoms with van der Waals surface area (Å²) in [5.41, 5.74) is 11.4. The van der Waals surface area contributed by atoms with Crippen molar-refractivity contribution >= 4 is 46.4 Å². The molecule has 0 unspecified atom stereocenters. The van der Waals surface area contributed by atoms with Crippen LogP contribution in [0.4, 0.5) is 0 Å². The number of nitrogens with one attached hydrogen (secondary N) is 2. The summed E-state index contributed by atoms with van der Waals surface area (Å²) < 4.78 is 0. The maximum absolute atomic E-state index is 10.3. The number of benzene rings is 2. The van der Waals surface area contributed by atoms with Crippen molar-refractivity contribution in [2.45, 2.75) is 0 Å². The average Bonchev–Trinajstić information content (AvgIpc) is 3.70. The fraction of sp³-hybridized carbons (Fsp3) is 0. The lowest BCUT2D eigenvalue weighted by Crippen LogP contribution is -1.85. The van der Waals surface area contributed by atoms with Crippen molar-refractivity contribution in [3.63, 3.8) is 0 Å². The lowest BCUT2D eigenvalue weighted by atomic mass is 9.94. The molecule has 5 aromatic rings. The fourth-order valence-corrected chi connectivity index (χ4v) is 4.86. The van der Waals surface area contributed by atoms with Crippen LogP contribution < -0.4 is 0 Å². The topological polar surface area (TPSA) is 77.6 Å². The van der Waals surface area contributed by atoms with Gasteiger partial charge in [0.25, 0.3) is 0 Å². The predicted molar refractivity (Wildman–Crippen MR) is 151 cm³/mol. The summed E-state index contributed by atoms with van der Waals surface area (Å²) in [6.45, 7) is 0. The fourth-order valence-electron chi connectivity index (χ4n) is 4.86. The van der Waals surface area contributed by atoms with E-state index in [0.717, 1.165) is 67.1 Å². The number of fused-ring (bicyclic) bond motifs is 8. The highest BCUT2D eigenvalue weighted by Crippen LogP contribution is 2.37. The van der Waals surface area contributed by atoms with Crippen LogP contribution in [0, 0.1) is 0 Å². The van der Waals surface area contributed by atoms with Crippen molar-refractivity contribution in [1.82, 2.24) is 19.9 Å². The molecule has 5 nitrogen and oxygen atoms in total. The molecule has 8 bridgehead atoms. The first-order valence-electron chi connectivity index (χ1n) is 12.1. The second-order valence-electron chi connectivity index (χ2n) is 9.18. The molecule has 5 heteroatoms. The van der Waals surface area contributed by atoms with Crippen LogP contribution in [0.3, 0.4) is 0 Å². The monoisotopic (exact) mass is 478 g/mol. The van der Waals surface area contributed by atoms with Crippen molar-refractivity contribution in [3.8, 4) is 28.0 Å². The largest absolute Gasteiger partial charge is 0.508 e. The zero-order valence-electron chi connectivity index (χ0n) is 19.8. The Hall–Kier alpha value is -5.16. The predicted octanol–water partition coefficient (Wildman–Crippen LogP) is 7.70. The molecular formula is C32H22N4O. The molecule has 7 rings (SSSR count). The minimum Gasteiger partial charge on any atom is -0.508 e. The van der Waals surface area contributed by atoms with Crippen LogP contribution in [0.15, 0.2) is 91.0 Å². The molecule has 5 heterocycles. The van der Waals surface area contributed by atoms with Gasteiger partial charge < -0.3 is 15.1 Å². The van der Waals surface area contributed by atoms with Crippen molar-refractivity contribution in [2.75, 3.05) is 0 Å². The Morgan fingerprint density at radius 2 is 1.11 bits per heavy atom. The molecule has 0 aliphatic carbocycles. The Morgan fingerprint density at radius 3 is 1.78 bits per heavy atom. The molecule has 0 amide bonds. The van der Waals surface area contributed by atoms with Crippen molar-refractivity contribution < 1.29 is 5.11 Å². The van der Waals surface area contributed by atoms with Gasteiger partial charge >= 0.3 is 0 Å². The molecule has 0 saturated heterocycles. The van der Waals surface area contributed by atoms with Crippen LogP contribution in [-0.2, 0) is 0 Å². The first kappa shape index (κ1) is 21.1. The maximum atomic E-state index is 10.3. The third-order valence-corrected chi connectivity index (χ3v) is 6.55. The van der Waals surface area contributed by atoms with Gasteiger partial charge in [0, 0.05) is 27.6 Å². The lowest BCUT2D eigenvalue weighted by Gasteiger charge is -2.10. The van der Waals surface area contributed by atoms with E-state index in [1.807, 2.05) is 85.0 Å². The number of H-pyrrole nitrogens is 2. The van der Waals surface area contributed by atoms with Crippen LogP contribution >= 0.6 is 0 Å². The van der Waals surface area contributed by atoms with E-state index in [9.17, 15) is 5.11 Å². The lowest BCUT2D eigenvalue weighted by molar-refractivity contribution is 0.475. The third kappa shape index (κ3) is 4.13. The minimum atomic E-state index is 0.232. The molecule has 2 aliphatic rings. The van der Waals surface area contributed by atoms with Gasteiger partial charge in [-0.15, -0.1) is 0 Å². The molecule has 0 saturated carbocycles. The van der Waals surface area contributed by atoms with E-state index >= 15 is 0 Å². The van der Waals surface area contributed by atoms with Crippen LogP contribution in [0.1, 0.15) is 22.8 Å². The molecule has 0 fully saturated rings. The van der Waals surface area contributed by atoms with Crippen molar-refractivity contribution in [3.05, 3.63) is 114 Å². The number of phenolic OH excluding ortho intramolecular Hbond substituents is 1. The zero-order valence-corrected chi connectivity index (χ0v) is 19.8. The maximum Gasteiger partial charge on any atom is 0.116 e. The number of nitrogens with zero attached hydrogens (tertiary/aromatic N) is 2. The Bertz CT molecular complexity index is 1890. The highest BCUT2D eigenvalue weighted by Gasteiger charge is 2.13. The quantitative estimate of drug-likeness (QED) is 0.238. The Kier molecular flexibility index (Phi) is 4.86. The van der Waals surface area contributed by atoms with Gasteiger partial charge in [0.15, 0.2) is 0 Å². The molecule has 3 N–H and O–H groups in total. The first-order valence-corrected chi connectivity index (χ1v) is 12.1. The molecule has 2 aromatic carbocycles. The van der Waals surface area contributed by atoms with Crippen LogP contribution in [0.2, 0.25) is 0 Å². The van der Waals surface area contributed by atoms with Gasteiger partial charge in [0.1, 0.15) is 5.75 Å². The van der Waals surface area contributed by atoms with Crippen molar-refractivity contribution in [2.24, 2.45) is 0 Å². The van der Waals surface area contributed by atoms with E-state index in [0.29, 0.717) is 0 Å². The number of aromatic amines is 2. The molecule has 3 aromatic heterocycles. The molecule has 2 aliphatic heterocycles. The second kappa shape index (κ2) is 8.50. The Labute approximate surface area is 213 Å². The molecular weight excluding hydrogens is 456 g/mol. The molecule has 0 atom stereocenters. The SMILES string of the molecule is Oc1ccc(-c2cc3cc4nc(cc5ccc(cc6nc(cc2[nH]3)C=C6)[nH]5)C=C4)c(-c2ccccc2)c1. The number of aromatic hydroxyl groups is 1. The Balaban J connectivity index is 1.53. The standard InChI is InChI=1S/C32H22N4O/c37-28-12-13-29(30(19-28)20-4-2-1-3-5-20)31-17-27-16-25-9-8-23(34-25)14-21-6-7-22(33-21)15-24-10-11-26(35-24)18-32(31)36-27/h1-19,33,36-37H. The highest BCUT2D eigenvalue weighted by atomic mass is 16.3. The summed E-state index contributed by atoms with van der Waals surface area (Å²) in [4.78, 5) is 16.6. The first-order chi connectivity index (χ1) is 18.2. The summed E-state index contributed by atoms with van der Waals surface area (Å²) in [7, 11) is 0. The van der Waals surface area contributed by atoms with E-state index in [-0.39, 0.29) is 5.75 Å². The van der Waals surface area contributed by atoms with Gasteiger partial charge in [-0.3, -0.25) is 0 Å². The number of aromatic nitrogens is 4. The summed E-state index contributed by atoms with van der Waals surface area (Å²) in [6, 6.07) is 30.0. The highest BCUT2D eigenvalue weighted by molar-refractivity contribution is 5.94. The van der Waals surface area contributed by atoms with Gasteiger partial charge in [-0.05, 0) is 95.6 Å². The molecule has 0 radical (unpaired) electrons. The summed E-state index contributed by atoms with van der Waals surface area (Å²) in [5, 5.41) is 10.3. The van der Waals surface area contributed by atoms with Crippen LogP contribution in [0.5, 0.6) is 5.75 Å². The normalized spacial score (nSPS) is 12.2. The number of hydrogen-bond donors (Lipinski definition) is 3. The summed E-state index contributed by atoms with van der Waals surface area (Å²) >= 11 is 0. The number of rotatable bonds is 2. The molecule has 0 spiro atoms. The third-order valence-electron chi connectivity index (χ3n) is 6.55. The van der Waals surface area contributed by atoms with Crippen LogP contribution in [-0.4, -0.2) is 25.0 Å². The van der Waals surface area contributed by atoms with E-state index in [1.54, 1.807) is 6.07 Å². The molecule has 37 heavy (non-hydrogen) atoms. The van der Waals surface area contributed by atoms with Gasteiger partial charge in [-0.2, -0.15) is 0 Å². The second-order valence-corrected chi connectivity index (χ2v) is 9.18. The summed E-state index contributed by atoms with van der Waals surface area (Å²) in [5.74, 6) is 0.232. The zero-order chi connectivity index (χ0) is 24.8. The number of phenols is 1. The Morgan fingerprint density at radius 1 is 0.486 bits per heavy atom. The average molecular weight is 479 g/mol. The van der Waals surface area contributed by atoms with Crippen molar-refractivity contribution in [1.29, 1.82) is 0 Å². The van der Waals surface area contributed by atoms with E-state index in [2.05, 4.69) is 34.2 Å². The van der Waals surface area contributed by atoms with Gasteiger partial charge in [0.05, 0.1) is 22.8 Å². The van der Waals surface area contributed by atoms with E-state index < -0.39 is 0 Å². The van der Waals surface area contributed by atoms with Gasteiger partial charge in [0.2, 0.25) is 0 Å². The van der Waals surface area contributed by atoms with Crippen LogP contribution in [0.25, 0.3) is 68.6 Å². The summed E-state index contributed by atoms with van der Waals surface area (Å²) in [6.07, 6.45) is 8.07. The number of hydrogen-bond acceptors (Lipinski definition) is 3. The minimum absolute atomic E-state index is 0.232. The van der Waals surface area contributed by atoms with Gasteiger partial charge in [-0.25, -0.2) is 9.97 Å². The van der Waals surface area contributed by atoms with Gasteiger partial charge in [-0.1, -0.05) is 36.4 Å². The smallest absolute Gasteiger partial charge is 0.116 e. The van der Waals surface area contributed by atoms with E-state index in [4.69, 9.17) is 9.97 Å². The van der Waals surface area contributed by atoms with E-state index in [1.165, 1.54) is 0 Å².